The molecule has 0 aromatic carbocycles. The van der Waals surface area contributed by atoms with Crippen LogP contribution in [0.15, 0.2) is 14.0 Å². The van der Waals surface area contributed by atoms with Gasteiger partial charge in [0.2, 0.25) is 0 Å². The average Bonchev–Trinajstić information content (AvgIpc) is 2.73. The van der Waals surface area contributed by atoms with E-state index >= 15 is 0 Å². The molecule has 0 saturated heterocycles. The van der Waals surface area contributed by atoms with Crippen molar-refractivity contribution < 1.29 is 13.9 Å². The van der Waals surface area contributed by atoms with E-state index in [2.05, 4.69) is 4.42 Å². The smallest absolute Gasteiger partial charge is 0.422 e. The Bertz CT molecular complexity index is 554. The molecule has 0 unspecified atom stereocenters. The molecule has 1 aromatic rings. The van der Waals surface area contributed by atoms with Crippen molar-refractivity contribution in [3.8, 4) is 0 Å². The van der Waals surface area contributed by atoms with E-state index in [0.29, 0.717) is 24.1 Å². The highest BCUT2D eigenvalue weighted by atomic mass is 16.5. The number of hydrogen-bond acceptors (Lipinski definition) is 5. The van der Waals surface area contributed by atoms with Gasteiger partial charge in [-0.3, -0.25) is 9.36 Å². The molecule has 0 saturated carbocycles. The second kappa shape index (κ2) is 4.57. The zero-order chi connectivity index (χ0) is 12.4. The Morgan fingerprint density at radius 1 is 1.41 bits per heavy atom. The van der Waals surface area contributed by atoms with Crippen molar-refractivity contribution >= 4 is 5.97 Å². The van der Waals surface area contributed by atoms with Crippen LogP contribution in [0, 0.1) is 0 Å². The monoisotopic (exact) mass is 239 g/mol. The van der Waals surface area contributed by atoms with Crippen molar-refractivity contribution in [3.05, 3.63) is 32.2 Å². The third-order valence-electron chi connectivity index (χ3n) is 2.75. The second-order valence-corrected chi connectivity index (χ2v) is 3.83. The summed E-state index contributed by atoms with van der Waals surface area (Å²) < 4.78 is 10.5. The average molecular weight is 239 g/mol. The largest absolute Gasteiger partial charge is 0.465 e. The van der Waals surface area contributed by atoms with Crippen LogP contribution in [0.2, 0.25) is 0 Å². The lowest BCUT2D eigenvalue weighted by Crippen LogP contribution is -2.32. The molecule has 17 heavy (non-hydrogen) atoms. The highest BCUT2D eigenvalue weighted by molar-refractivity contribution is 5.69. The maximum absolute atomic E-state index is 11.5. The zero-order valence-corrected chi connectivity index (χ0v) is 9.52. The van der Waals surface area contributed by atoms with Crippen molar-refractivity contribution in [2.75, 3.05) is 6.61 Å². The number of esters is 1. The van der Waals surface area contributed by atoms with E-state index < -0.39 is 17.4 Å². The third-order valence-corrected chi connectivity index (χ3v) is 2.75. The first-order chi connectivity index (χ1) is 8.13. The number of nitrogens with zero attached hydrogens (tertiary/aromatic N) is 1. The normalized spacial score (nSPS) is 13.5. The number of ether oxygens (including phenoxy) is 1. The third kappa shape index (κ3) is 2.15. The molecule has 0 amide bonds. The number of carbonyl (C=O) groups excluding carboxylic acids is 1. The van der Waals surface area contributed by atoms with Crippen LogP contribution in [0.25, 0.3) is 0 Å². The predicted octanol–water partition coefficient (Wildman–Crippen LogP) is -0.147. The topological polar surface area (TPSA) is 78.5 Å². The Balaban J connectivity index is 2.41. The van der Waals surface area contributed by atoms with Crippen molar-refractivity contribution in [1.82, 2.24) is 4.57 Å². The molecule has 2 rings (SSSR count). The van der Waals surface area contributed by atoms with Gasteiger partial charge < -0.3 is 9.15 Å². The van der Waals surface area contributed by atoms with Crippen molar-refractivity contribution in [2.45, 2.75) is 32.7 Å². The molecule has 6 nitrogen and oxygen atoms in total. The molecule has 0 bridgehead atoms. The number of fused-ring (bicyclic) bond motifs is 1. The summed E-state index contributed by atoms with van der Waals surface area (Å²) in [6.07, 6.45) is 2.02. The number of aromatic nitrogens is 1. The molecule has 1 aliphatic rings. The lowest BCUT2D eigenvalue weighted by Gasteiger charge is -2.08. The minimum Gasteiger partial charge on any atom is -0.465 e. The number of carbonyl (C=O) groups is 1. The van der Waals surface area contributed by atoms with Crippen LogP contribution >= 0.6 is 0 Å². The van der Waals surface area contributed by atoms with Gasteiger partial charge in [0.1, 0.15) is 6.54 Å². The van der Waals surface area contributed by atoms with Gasteiger partial charge in [-0.2, -0.15) is 0 Å². The quantitative estimate of drug-likeness (QED) is 0.685. The van der Waals surface area contributed by atoms with Gasteiger partial charge in [-0.25, -0.2) is 9.59 Å². The summed E-state index contributed by atoms with van der Waals surface area (Å²) in [5.41, 5.74) is 0.538. The van der Waals surface area contributed by atoms with Gasteiger partial charge in [-0.15, -0.1) is 0 Å². The SMILES string of the molecule is CCOC(=O)Cn1c2c(c(=O)oc1=O)CCC2. The Morgan fingerprint density at radius 2 is 2.18 bits per heavy atom. The lowest BCUT2D eigenvalue weighted by atomic mass is 10.3. The molecule has 92 valence electrons. The predicted molar refractivity (Wildman–Crippen MR) is 57.9 cm³/mol. The molecule has 0 aliphatic heterocycles. The lowest BCUT2D eigenvalue weighted by molar-refractivity contribution is -0.144. The first-order valence-corrected chi connectivity index (χ1v) is 5.54. The van der Waals surface area contributed by atoms with Gasteiger partial charge in [-0.05, 0) is 26.2 Å². The molecular formula is C11H13NO5. The van der Waals surface area contributed by atoms with Crippen LogP contribution < -0.4 is 11.4 Å². The summed E-state index contributed by atoms with van der Waals surface area (Å²) in [5, 5.41) is 0. The number of rotatable bonds is 3. The van der Waals surface area contributed by atoms with Crippen LogP contribution in [-0.4, -0.2) is 17.1 Å². The first-order valence-electron chi connectivity index (χ1n) is 5.54. The van der Waals surface area contributed by atoms with E-state index in [1.165, 1.54) is 4.57 Å². The molecule has 1 heterocycles. The van der Waals surface area contributed by atoms with Crippen molar-refractivity contribution in [1.29, 1.82) is 0 Å². The van der Waals surface area contributed by atoms with E-state index in [1.807, 2.05) is 0 Å². The van der Waals surface area contributed by atoms with Crippen LogP contribution in [0.3, 0.4) is 0 Å². The van der Waals surface area contributed by atoms with E-state index in [-0.39, 0.29) is 13.2 Å². The molecular weight excluding hydrogens is 226 g/mol. The van der Waals surface area contributed by atoms with Crippen LogP contribution in [0.1, 0.15) is 24.6 Å². The van der Waals surface area contributed by atoms with E-state index in [1.54, 1.807) is 6.92 Å². The highest BCUT2D eigenvalue weighted by Crippen LogP contribution is 2.16. The van der Waals surface area contributed by atoms with Crippen LogP contribution in [0.5, 0.6) is 0 Å². The molecule has 0 fully saturated rings. The van der Waals surface area contributed by atoms with Crippen molar-refractivity contribution in [2.24, 2.45) is 0 Å². The Hall–Kier alpha value is -1.85. The summed E-state index contributed by atoms with van der Waals surface area (Å²) in [7, 11) is 0. The van der Waals surface area contributed by atoms with Gasteiger partial charge in [0.15, 0.2) is 0 Å². The molecule has 1 aliphatic carbocycles. The van der Waals surface area contributed by atoms with Crippen LogP contribution in [0.4, 0.5) is 0 Å². The summed E-state index contributed by atoms with van der Waals surface area (Å²) in [4.78, 5) is 34.3. The molecule has 0 radical (unpaired) electrons. The molecule has 0 atom stereocenters. The minimum absolute atomic E-state index is 0.196. The summed E-state index contributed by atoms with van der Waals surface area (Å²) in [6, 6.07) is 0. The first kappa shape index (κ1) is 11.6. The fourth-order valence-corrected chi connectivity index (χ4v) is 2.05. The summed E-state index contributed by atoms with van der Waals surface area (Å²) in [6.45, 7) is 1.75. The van der Waals surface area contributed by atoms with Crippen LogP contribution in [-0.2, 0) is 28.9 Å². The molecule has 0 spiro atoms. The Kier molecular flexibility index (Phi) is 3.12. The maximum atomic E-state index is 11.5. The fraction of sp³-hybridized carbons (Fsp3) is 0.545. The van der Waals surface area contributed by atoms with Gasteiger partial charge in [-0.1, -0.05) is 0 Å². The zero-order valence-electron chi connectivity index (χ0n) is 9.52. The summed E-state index contributed by atoms with van der Waals surface area (Å²) in [5.74, 6) is -1.29. The fourth-order valence-electron chi connectivity index (χ4n) is 2.05. The second-order valence-electron chi connectivity index (χ2n) is 3.83. The van der Waals surface area contributed by atoms with Gasteiger partial charge in [0.25, 0.3) is 0 Å². The van der Waals surface area contributed by atoms with E-state index in [9.17, 15) is 14.4 Å². The Labute approximate surface area is 96.8 Å². The van der Waals surface area contributed by atoms with E-state index in [4.69, 9.17) is 4.74 Å². The van der Waals surface area contributed by atoms with Gasteiger partial charge in [0, 0.05) is 5.69 Å². The summed E-state index contributed by atoms with van der Waals surface area (Å²) >= 11 is 0. The Morgan fingerprint density at radius 3 is 2.88 bits per heavy atom. The minimum atomic E-state index is -0.788. The standard InChI is InChI=1S/C11H13NO5/c1-2-16-9(13)6-12-8-5-3-4-7(8)10(14)17-11(12)15/h2-6H2,1H3. The number of hydrogen-bond donors (Lipinski definition) is 0. The van der Waals surface area contributed by atoms with Crippen molar-refractivity contribution in [3.63, 3.8) is 0 Å². The molecule has 6 heteroatoms. The highest BCUT2D eigenvalue weighted by Gasteiger charge is 2.22. The van der Waals surface area contributed by atoms with E-state index in [0.717, 1.165) is 6.42 Å². The van der Waals surface area contributed by atoms with Gasteiger partial charge >= 0.3 is 17.4 Å². The maximum Gasteiger partial charge on any atom is 0.422 e. The molecule has 1 aromatic heterocycles. The molecule has 0 N–H and O–H groups in total. The van der Waals surface area contributed by atoms with Gasteiger partial charge in [0.05, 0.1) is 12.2 Å².